The molecular formula is C22H27N3O4S. The molecule has 0 fully saturated rings. The van der Waals surface area contributed by atoms with Crippen molar-refractivity contribution >= 4 is 10.0 Å². The molecule has 2 aromatic carbocycles. The van der Waals surface area contributed by atoms with Gasteiger partial charge in [0.2, 0.25) is 21.7 Å². The van der Waals surface area contributed by atoms with E-state index in [1.165, 1.54) is 29.0 Å². The van der Waals surface area contributed by atoms with Gasteiger partial charge in [0.05, 0.1) is 18.0 Å². The summed E-state index contributed by atoms with van der Waals surface area (Å²) in [6.07, 6.45) is 0. The SMILES string of the molecule is CCOc1ccc(S(=O)(=O)N(C)Cc2nc(-c3ccc(C(C)(C)C)cc3)no2)cc1. The smallest absolute Gasteiger partial charge is 0.243 e. The third-order valence-corrected chi connectivity index (χ3v) is 6.50. The van der Waals surface area contributed by atoms with Crippen LogP contribution in [0, 0.1) is 0 Å². The number of hydrogen-bond donors (Lipinski definition) is 0. The van der Waals surface area contributed by atoms with Crippen molar-refractivity contribution in [2.45, 2.75) is 44.6 Å². The second kappa shape index (κ2) is 8.57. The monoisotopic (exact) mass is 429 g/mol. The molecule has 0 N–H and O–H groups in total. The third-order valence-electron chi connectivity index (χ3n) is 4.68. The second-order valence-corrected chi connectivity index (χ2v) is 10.0. The van der Waals surface area contributed by atoms with E-state index in [0.717, 1.165) is 5.56 Å². The molecule has 160 valence electrons. The molecule has 1 aromatic heterocycles. The molecule has 0 aliphatic heterocycles. The van der Waals surface area contributed by atoms with Crippen molar-refractivity contribution in [2.75, 3.05) is 13.7 Å². The maximum Gasteiger partial charge on any atom is 0.243 e. The molecule has 0 atom stereocenters. The lowest BCUT2D eigenvalue weighted by atomic mass is 9.87. The number of hydrogen-bond acceptors (Lipinski definition) is 6. The van der Waals surface area contributed by atoms with Gasteiger partial charge in [-0.1, -0.05) is 50.2 Å². The lowest BCUT2D eigenvalue weighted by Crippen LogP contribution is -2.26. The average molecular weight is 430 g/mol. The molecular weight excluding hydrogens is 402 g/mol. The molecule has 0 bridgehead atoms. The van der Waals surface area contributed by atoms with Gasteiger partial charge in [-0.3, -0.25) is 0 Å². The van der Waals surface area contributed by atoms with Crippen molar-refractivity contribution in [2.24, 2.45) is 0 Å². The van der Waals surface area contributed by atoms with Crippen LogP contribution in [0.2, 0.25) is 0 Å². The predicted octanol–water partition coefficient (Wildman–Crippen LogP) is 4.25. The first-order valence-electron chi connectivity index (χ1n) is 9.74. The Morgan fingerprint density at radius 1 is 1.03 bits per heavy atom. The number of nitrogens with zero attached hydrogens (tertiary/aromatic N) is 3. The van der Waals surface area contributed by atoms with Gasteiger partial charge in [-0.05, 0) is 42.2 Å². The topological polar surface area (TPSA) is 85.5 Å². The van der Waals surface area contributed by atoms with E-state index in [0.29, 0.717) is 18.2 Å². The third kappa shape index (κ3) is 4.88. The van der Waals surface area contributed by atoms with Gasteiger partial charge >= 0.3 is 0 Å². The quantitative estimate of drug-likeness (QED) is 0.558. The molecule has 0 radical (unpaired) electrons. The average Bonchev–Trinajstić information content (AvgIpc) is 3.16. The summed E-state index contributed by atoms with van der Waals surface area (Å²) in [6, 6.07) is 14.3. The summed E-state index contributed by atoms with van der Waals surface area (Å²) in [5.41, 5.74) is 2.07. The van der Waals surface area contributed by atoms with Crippen LogP contribution < -0.4 is 4.74 Å². The van der Waals surface area contributed by atoms with Crippen molar-refractivity contribution in [1.82, 2.24) is 14.4 Å². The lowest BCUT2D eigenvalue weighted by molar-refractivity contribution is 0.336. The van der Waals surface area contributed by atoms with E-state index in [1.54, 1.807) is 12.1 Å². The number of sulfonamides is 1. The zero-order chi connectivity index (χ0) is 21.9. The molecule has 1 heterocycles. The molecule has 0 saturated carbocycles. The maximum absolute atomic E-state index is 12.8. The minimum Gasteiger partial charge on any atom is -0.494 e. The predicted molar refractivity (Wildman–Crippen MR) is 115 cm³/mol. The largest absolute Gasteiger partial charge is 0.494 e. The highest BCUT2D eigenvalue weighted by molar-refractivity contribution is 7.89. The van der Waals surface area contributed by atoms with Crippen LogP contribution in [-0.2, 0) is 22.0 Å². The van der Waals surface area contributed by atoms with Gasteiger partial charge in [0.15, 0.2) is 0 Å². The Kier molecular flexibility index (Phi) is 6.28. The summed E-state index contributed by atoms with van der Waals surface area (Å²) >= 11 is 0. The van der Waals surface area contributed by atoms with E-state index >= 15 is 0 Å². The van der Waals surface area contributed by atoms with Crippen LogP contribution in [0.5, 0.6) is 5.75 Å². The zero-order valence-electron chi connectivity index (χ0n) is 17.9. The molecule has 3 aromatic rings. The van der Waals surface area contributed by atoms with Crippen LogP contribution in [0.15, 0.2) is 57.9 Å². The summed E-state index contributed by atoms with van der Waals surface area (Å²) in [5, 5.41) is 3.99. The van der Waals surface area contributed by atoms with Crippen molar-refractivity contribution in [3.63, 3.8) is 0 Å². The van der Waals surface area contributed by atoms with E-state index < -0.39 is 10.0 Å². The summed E-state index contributed by atoms with van der Waals surface area (Å²) < 4.78 is 37.4. The first kappa shape index (κ1) is 22.0. The van der Waals surface area contributed by atoms with Crippen molar-refractivity contribution in [3.8, 4) is 17.1 Å². The van der Waals surface area contributed by atoms with E-state index in [2.05, 4.69) is 30.9 Å². The highest BCUT2D eigenvalue weighted by atomic mass is 32.2. The van der Waals surface area contributed by atoms with E-state index in [-0.39, 0.29) is 22.7 Å². The molecule has 7 nitrogen and oxygen atoms in total. The minimum atomic E-state index is -3.70. The minimum absolute atomic E-state index is 0.0252. The van der Waals surface area contributed by atoms with Crippen molar-refractivity contribution in [3.05, 3.63) is 60.0 Å². The fourth-order valence-corrected chi connectivity index (χ4v) is 4.01. The highest BCUT2D eigenvalue weighted by Gasteiger charge is 2.23. The number of benzene rings is 2. The number of ether oxygens (including phenoxy) is 1. The Balaban J connectivity index is 1.73. The van der Waals surface area contributed by atoms with Crippen LogP contribution >= 0.6 is 0 Å². The van der Waals surface area contributed by atoms with Gasteiger partial charge in [-0.25, -0.2) is 8.42 Å². The second-order valence-electron chi connectivity index (χ2n) is 8.00. The van der Waals surface area contributed by atoms with Gasteiger partial charge in [-0.2, -0.15) is 9.29 Å². The van der Waals surface area contributed by atoms with Crippen LogP contribution in [0.4, 0.5) is 0 Å². The maximum atomic E-state index is 12.8. The van der Waals surface area contributed by atoms with Gasteiger partial charge in [0.25, 0.3) is 0 Å². The van der Waals surface area contributed by atoms with Crippen molar-refractivity contribution in [1.29, 1.82) is 0 Å². The van der Waals surface area contributed by atoms with Crippen LogP contribution in [-0.4, -0.2) is 36.5 Å². The van der Waals surface area contributed by atoms with E-state index in [9.17, 15) is 8.42 Å². The molecule has 8 heteroatoms. The van der Waals surface area contributed by atoms with Crippen LogP contribution in [0.25, 0.3) is 11.4 Å². The van der Waals surface area contributed by atoms with Crippen molar-refractivity contribution < 1.29 is 17.7 Å². The summed E-state index contributed by atoms with van der Waals surface area (Å²) in [6.45, 7) is 8.81. The fraction of sp³-hybridized carbons (Fsp3) is 0.364. The molecule has 0 spiro atoms. The van der Waals surface area contributed by atoms with Gasteiger partial charge in [-0.15, -0.1) is 0 Å². The normalized spacial score (nSPS) is 12.3. The van der Waals surface area contributed by atoms with Gasteiger partial charge in [0.1, 0.15) is 5.75 Å². The fourth-order valence-electron chi connectivity index (χ4n) is 2.89. The summed E-state index contributed by atoms with van der Waals surface area (Å²) in [4.78, 5) is 4.53. The first-order valence-corrected chi connectivity index (χ1v) is 11.2. The first-order chi connectivity index (χ1) is 14.1. The van der Waals surface area contributed by atoms with E-state index in [1.807, 2.05) is 31.2 Å². The summed E-state index contributed by atoms with van der Waals surface area (Å²) in [5.74, 6) is 1.28. The van der Waals surface area contributed by atoms with Gasteiger partial charge in [0, 0.05) is 12.6 Å². The Morgan fingerprint density at radius 2 is 1.67 bits per heavy atom. The molecule has 3 rings (SSSR count). The molecule has 30 heavy (non-hydrogen) atoms. The molecule has 0 amide bonds. The Morgan fingerprint density at radius 3 is 2.23 bits per heavy atom. The molecule has 0 aliphatic rings. The van der Waals surface area contributed by atoms with Gasteiger partial charge < -0.3 is 9.26 Å². The molecule has 0 unspecified atom stereocenters. The Hall–Kier alpha value is -2.71. The Bertz CT molecular complexity index is 1080. The Labute approximate surface area is 177 Å². The standard InChI is InChI=1S/C22H27N3O4S/c1-6-28-18-11-13-19(14-12-18)30(26,27)25(5)15-20-23-21(24-29-20)16-7-9-17(10-8-16)22(2,3)4/h7-14H,6,15H2,1-5H3. The zero-order valence-corrected chi connectivity index (χ0v) is 18.7. The number of rotatable bonds is 7. The summed E-state index contributed by atoms with van der Waals surface area (Å²) in [7, 11) is -2.22. The molecule has 0 aliphatic carbocycles. The van der Waals surface area contributed by atoms with E-state index in [4.69, 9.17) is 9.26 Å². The molecule has 0 saturated heterocycles. The lowest BCUT2D eigenvalue weighted by Gasteiger charge is -2.18. The number of aromatic nitrogens is 2. The highest BCUT2D eigenvalue weighted by Crippen LogP contribution is 2.25. The van der Waals surface area contributed by atoms with Crippen LogP contribution in [0.1, 0.15) is 39.1 Å². The van der Waals surface area contributed by atoms with Crippen LogP contribution in [0.3, 0.4) is 0 Å².